The number of carbonyl (C=O) groups is 2. The van der Waals surface area contributed by atoms with Gasteiger partial charge < -0.3 is 10.3 Å². The summed E-state index contributed by atoms with van der Waals surface area (Å²) < 4.78 is 0. The van der Waals surface area contributed by atoms with Crippen molar-refractivity contribution in [3.63, 3.8) is 0 Å². The van der Waals surface area contributed by atoms with Gasteiger partial charge in [0.05, 0.1) is 5.69 Å². The number of rotatable bonds is 4. The highest BCUT2D eigenvalue weighted by Gasteiger charge is 2.21. The van der Waals surface area contributed by atoms with Gasteiger partial charge in [-0.1, -0.05) is 25.3 Å². The molecule has 2 N–H and O–H groups in total. The van der Waals surface area contributed by atoms with Gasteiger partial charge in [0.25, 0.3) is 0 Å². The fourth-order valence-electron chi connectivity index (χ4n) is 3.72. The smallest absolute Gasteiger partial charge is 0.227 e. The van der Waals surface area contributed by atoms with E-state index < -0.39 is 0 Å². The summed E-state index contributed by atoms with van der Waals surface area (Å²) in [4.78, 5) is 31.2. The number of allylic oxidation sites excluding steroid dienone is 3. The molecule has 2 aliphatic rings. The fourth-order valence-corrected chi connectivity index (χ4v) is 3.72. The predicted octanol–water partition coefficient (Wildman–Crippen LogP) is 4.29. The summed E-state index contributed by atoms with van der Waals surface area (Å²) in [5.74, 6) is 1.07. The van der Waals surface area contributed by atoms with Gasteiger partial charge in [-0.15, -0.1) is 0 Å². The van der Waals surface area contributed by atoms with E-state index >= 15 is 0 Å². The number of aldehydes is 1. The minimum absolute atomic E-state index is 0.134. The number of aromatic amines is 1. The normalized spacial score (nSPS) is 17.0. The van der Waals surface area contributed by atoms with Crippen molar-refractivity contribution in [2.45, 2.75) is 38.5 Å². The maximum atomic E-state index is 12.4. The third kappa shape index (κ3) is 3.92. The number of nitrogens with zero attached hydrogens (tertiary/aromatic N) is 1. The van der Waals surface area contributed by atoms with Crippen molar-refractivity contribution < 1.29 is 9.59 Å². The van der Waals surface area contributed by atoms with Gasteiger partial charge in [-0.3, -0.25) is 9.59 Å². The molecule has 0 unspecified atom stereocenters. The van der Waals surface area contributed by atoms with Gasteiger partial charge in [-0.2, -0.15) is 0 Å². The van der Waals surface area contributed by atoms with E-state index in [4.69, 9.17) is 0 Å². The predicted molar refractivity (Wildman–Crippen MR) is 106 cm³/mol. The first-order chi connectivity index (χ1) is 13.2. The SMILES string of the molecule is O=CC1=CCc2[nH]c(-c3ccc(NC(=O)C4CCCCC4)cc3)nc2C=C1. The molecule has 2 aliphatic carbocycles. The minimum atomic E-state index is 0.134. The van der Waals surface area contributed by atoms with Crippen LogP contribution in [0.4, 0.5) is 5.69 Å². The highest BCUT2D eigenvalue weighted by Crippen LogP contribution is 2.26. The van der Waals surface area contributed by atoms with Crippen molar-refractivity contribution in [2.75, 3.05) is 5.32 Å². The number of hydrogen-bond donors (Lipinski definition) is 2. The molecule has 0 bridgehead atoms. The average molecular weight is 361 g/mol. The van der Waals surface area contributed by atoms with E-state index in [0.29, 0.717) is 12.0 Å². The summed E-state index contributed by atoms with van der Waals surface area (Å²) in [5.41, 5.74) is 4.30. The Labute approximate surface area is 158 Å². The zero-order valence-corrected chi connectivity index (χ0v) is 15.2. The average Bonchev–Trinajstić information content (AvgIpc) is 3.03. The number of H-pyrrole nitrogens is 1. The van der Waals surface area contributed by atoms with Crippen molar-refractivity contribution in [1.82, 2.24) is 9.97 Å². The first-order valence-electron chi connectivity index (χ1n) is 9.56. The summed E-state index contributed by atoms with van der Waals surface area (Å²) in [7, 11) is 0. The third-order valence-electron chi connectivity index (χ3n) is 5.32. The maximum absolute atomic E-state index is 12.4. The second-order valence-electron chi connectivity index (χ2n) is 7.21. The van der Waals surface area contributed by atoms with Gasteiger partial charge >= 0.3 is 0 Å². The van der Waals surface area contributed by atoms with Crippen LogP contribution in [0.15, 0.2) is 42.0 Å². The van der Waals surface area contributed by atoms with Crippen LogP contribution in [0.2, 0.25) is 0 Å². The Morgan fingerprint density at radius 2 is 1.89 bits per heavy atom. The highest BCUT2D eigenvalue weighted by atomic mass is 16.1. The summed E-state index contributed by atoms with van der Waals surface area (Å²) in [6.07, 6.45) is 12.6. The standard InChI is InChI=1S/C22H23N3O2/c26-14-15-6-12-19-20(13-7-15)25-21(24-19)16-8-10-18(11-9-16)23-22(27)17-4-2-1-3-5-17/h6-12,14,17H,1-5,13H2,(H,23,27)(H,24,25). The van der Waals surface area contributed by atoms with Crippen molar-refractivity contribution in [2.24, 2.45) is 5.92 Å². The molecule has 1 aromatic carbocycles. The lowest BCUT2D eigenvalue weighted by Gasteiger charge is -2.20. The Balaban J connectivity index is 1.45. The van der Waals surface area contributed by atoms with Crippen LogP contribution in [-0.4, -0.2) is 22.2 Å². The lowest BCUT2D eigenvalue weighted by atomic mass is 9.88. The van der Waals surface area contributed by atoms with E-state index in [0.717, 1.165) is 60.4 Å². The number of benzene rings is 1. The van der Waals surface area contributed by atoms with Gasteiger partial charge in [-0.25, -0.2) is 4.98 Å². The van der Waals surface area contributed by atoms with Gasteiger partial charge in [-0.05, 0) is 49.3 Å². The number of amides is 1. The number of aromatic nitrogens is 2. The van der Waals surface area contributed by atoms with Crippen LogP contribution in [0.25, 0.3) is 17.5 Å². The minimum Gasteiger partial charge on any atom is -0.341 e. The molecule has 0 atom stereocenters. The number of fused-ring (bicyclic) bond motifs is 1. The number of carbonyl (C=O) groups excluding carboxylic acids is 2. The van der Waals surface area contributed by atoms with E-state index in [1.165, 1.54) is 6.42 Å². The van der Waals surface area contributed by atoms with Crippen LogP contribution in [0.1, 0.15) is 43.5 Å². The monoisotopic (exact) mass is 361 g/mol. The summed E-state index contributed by atoms with van der Waals surface area (Å²) >= 11 is 0. The lowest BCUT2D eigenvalue weighted by molar-refractivity contribution is -0.120. The highest BCUT2D eigenvalue weighted by molar-refractivity contribution is 5.92. The molecule has 1 fully saturated rings. The molecule has 1 heterocycles. The van der Waals surface area contributed by atoms with Gasteiger partial charge in [0.1, 0.15) is 12.1 Å². The largest absolute Gasteiger partial charge is 0.341 e. The van der Waals surface area contributed by atoms with E-state index in [9.17, 15) is 9.59 Å². The molecule has 1 aromatic heterocycles. The topological polar surface area (TPSA) is 74.8 Å². The quantitative estimate of drug-likeness (QED) is 0.798. The maximum Gasteiger partial charge on any atom is 0.227 e. The number of nitrogens with one attached hydrogen (secondary N) is 2. The zero-order chi connectivity index (χ0) is 18.6. The molecular formula is C22H23N3O2. The first-order valence-corrected chi connectivity index (χ1v) is 9.56. The molecule has 0 radical (unpaired) electrons. The molecule has 27 heavy (non-hydrogen) atoms. The Morgan fingerprint density at radius 3 is 2.63 bits per heavy atom. The Bertz CT molecular complexity index is 900. The van der Waals surface area contributed by atoms with Crippen LogP contribution < -0.4 is 5.32 Å². The molecule has 138 valence electrons. The zero-order valence-electron chi connectivity index (χ0n) is 15.2. The van der Waals surface area contributed by atoms with Crippen molar-refractivity contribution in [1.29, 1.82) is 0 Å². The second-order valence-corrected chi connectivity index (χ2v) is 7.21. The Kier molecular flexibility index (Phi) is 5.01. The first kappa shape index (κ1) is 17.5. The molecular weight excluding hydrogens is 338 g/mol. The molecule has 5 nitrogen and oxygen atoms in total. The van der Waals surface area contributed by atoms with Gasteiger partial charge in [0.15, 0.2) is 0 Å². The van der Waals surface area contributed by atoms with Crippen LogP contribution in [0.3, 0.4) is 0 Å². The Hall–Kier alpha value is -2.95. The van der Waals surface area contributed by atoms with E-state index in [1.807, 2.05) is 36.4 Å². The van der Waals surface area contributed by atoms with Crippen molar-refractivity contribution in [3.05, 3.63) is 53.4 Å². The molecule has 0 saturated heterocycles. The number of hydrogen-bond acceptors (Lipinski definition) is 3. The molecule has 1 amide bonds. The van der Waals surface area contributed by atoms with Gasteiger partial charge in [0, 0.05) is 34.9 Å². The fraction of sp³-hybridized carbons (Fsp3) is 0.318. The van der Waals surface area contributed by atoms with E-state index in [2.05, 4.69) is 15.3 Å². The van der Waals surface area contributed by atoms with Crippen LogP contribution >= 0.6 is 0 Å². The van der Waals surface area contributed by atoms with E-state index in [-0.39, 0.29) is 11.8 Å². The second kappa shape index (κ2) is 7.74. The third-order valence-corrected chi connectivity index (χ3v) is 5.32. The molecule has 4 rings (SSSR count). The van der Waals surface area contributed by atoms with Crippen LogP contribution in [-0.2, 0) is 16.0 Å². The molecule has 1 saturated carbocycles. The molecule has 0 spiro atoms. The van der Waals surface area contributed by atoms with Crippen molar-refractivity contribution >= 4 is 24.0 Å². The van der Waals surface area contributed by atoms with E-state index in [1.54, 1.807) is 6.08 Å². The summed E-state index contributed by atoms with van der Waals surface area (Å²) in [6, 6.07) is 7.77. The van der Waals surface area contributed by atoms with Gasteiger partial charge in [0.2, 0.25) is 5.91 Å². The number of imidazole rings is 1. The summed E-state index contributed by atoms with van der Waals surface area (Å²) in [5, 5.41) is 3.04. The van der Waals surface area contributed by atoms with Crippen molar-refractivity contribution in [3.8, 4) is 11.4 Å². The van der Waals surface area contributed by atoms with Crippen LogP contribution in [0.5, 0.6) is 0 Å². The molecule has 5 heteroatoms. The van der Waals surface area contributed by atoms with Crippen LogP contribution in [0, 0.1) is 5.92 Å². The summed E-state index contributed by atoms with van der Waals surface area (Å²) in [6.45, 7) is 0. The molecule has 0 aliphatic heterocycles. The number of anilines is 1. The lowest BCUT2D eigenvalue weighted by Crippen LogP contribution is -2.24. The molecule has 2 aromatic rings. The Morgan fingerprint density at radius 1 is 1.11 bits per heavy atom.